The Morgan fingerprint density at radius 2 is 1.77 bits per heavy atom. The second-order valence-corrected chi connectivity index (χ2v) is 4.77. The molecule has 73 valence electrons. The third-order valence-corrected chi connectivity index (χ3v) is 3.72. The van der Waals surface area contributed by atoms with Crippen molar-refractivity contribution >= 4 is 0 Å². The van der Waals surface area contributed by atoms with Gasteiger partial charge in [-0.15, -0.1) is 0 Å². The zero-order valence-electron chi connectivity index (χ0n) is 8.38. The van der Waals surface area contributed by atoms with Crippen molar-refractivity contribution in [2.45, 2.75) is 40.0 Å². The Morgan fingerprint density at radius 3 is 2.08 bits per heavy atom. The summed E-state index contributed by atoms with van der Waals surface area (Å²) in [7, 11) is 0. The molecule has 0 fully saturated rings. The van der Waals surface area contributed by atoms with Crippen molar-refractivity contribution in [2.24, 2.45) is 0 Å². The molecule has 3 heteroatoms. The molecule has 13 heavy (non-hydrogen) atoms. The van der Waals surface area contributed by atoms with Gasteiger partial charge in [0.1, 0.15) is 0 Å². The zero-order valence-corrected chi connectivity index (χ0v) is 12.3. The molecule has 0 aromatic carbocycles. The molecular weight excluding hydrogens is 282 g/mol. The van der Waals surface area contributed by atoms with E-state index in [1.807, 2.05) is 0 Å². The molecule has 0 amide bonds. The quantitative estimate of drug-likeness (QED) is 0.522. The maximum absolute atomic E-state index is 2.28. The monoisotopic (exact) mass is 295 g/mol. The Kier molecular flexibility index (Phi) is 9.15. The van der Waals surface area contributed by atoms with Crippen molar-refractivity contribution in [1.29, 1.82) is 0 Å². The maximum Gasteiger partial charge on any atom is -1.00 e. The van der Waals surface area contributed by atoms with Gasteiger partial charge in [-0.3, -0.25) is 0 Å². The minimum atomic E-state index is 0. The van der Waals surface area contributed by atoms with Crippen molar-refractivity contribution < 1.29 is 49.5 Å². The van der Waals surface area contributed by atoms with Crippen LogP contribution in [0.15, 0.2) is 20.0 Å². The van der Waals surface area contributed by atoms with E-state index in [4.69, 9.17) is 0 Å². The minimum Gasteiger partial charge on any atom is -1.00 e. The third-order valence-electron chi connectivity index (χ3n) is 2.36. The maximum atomic E-state index is 2.28. The van der Waals surface area contributed by atoms with Crippen molar-refractivity contribution in [1.82, 2.24) is 0 Å². The largest absolute Gasteiger partial charge is 1.00 e. The van der Waals surface area contributed by atoms with Crippen LogP contribution in [-0.2, 0) is 24.7 Å². The van der Waals surface area contributed by atoms with Gasteiger partial charge < -0.3 is 24.8 Å². The molecule has 0 unspecified atom stereocenters. The summed E-state index contributed by atoms with van der Waals surface area (Å²) in [6, 6.07) is 0. The molecule has 0 aromatic rings. The van der Waals surface area contributed by atoms with Gasteiger partial charge in [0.05, 0.1) is 0 Å². The summed E-state index contributed by atoms with van der Waals surface area (Å²) in [6.07, 6.45) is 3.84. The van der Waals surface area contributed by atoms with Crippen LogP contribution in [0.25, 0.3) is 0 Å². The Bertz CT molecular complexity index is 229. The molecule has 0 aromatic heterocycles. The first-order chi connectivity index (χ1) is 5.16. The molecule has 1 aliphatic carbocycles. The van der Waals surface area contributed by atoms with Gasteiger partial charge in [-0.2, -0.15) is 0 Å². The van der Waals surface area contributed by atoms with E-state index in [1.165, 1.54) is 19.3 Å². The van der Waals surface area contributed by atoms with Crippen LogP contribution in [0, 0.1) is 0 Å². The van der Waals surface area contributed by atoms with Gasteiger partial charge in [-0.1, -0.05) is 0 Å². The van der Waals surface area contributed by atoms with Gasteiger partial charge >= 0.3 is 84.8 Å². The second kappa shape index (κ2) is 7.26. The van der Waals surface area contributed by atoms with E-state index < -0.39 is 0 Å². The average Bonchev–Trinajstić information content (AvgIpc) is 2.17. The second-order valence-electron chi connectivity index (χ2n) is 3.29. The number of hydrogen-bond donors (Lipinski definition) is 0. The van der Waals surface area contributed by atoms with Gasteiger partial charge in [-0.25, -0.2) is 0 Å². The summed E-state index contributed by atoms with van der Waals surface area (Å²) in [5, 5.41) is 0. The Morgan fingerprint density at radius 1 is 1.23 bits per heavy atom. The predicted octanol–water partition coefficient (Wildman–Crippen LogP) is -2.66. The molecule has 1 rings (SSSR count). The number of hydrogen-bond acceptors (Lipinski definition) is 0. The van der Waals surface area contributed by atoms with Crippen LogP contribution in [0.4, 0.5) is 0 Å². The Labute approximate surface area is 109 Å². The first kappa shape index (κ1) is 16.4. The van der Waals surface area contributed by atoms with E-state index in [0.717, 1.165) is 0 Å². The molecule has 0 saturated carbocycles. The number of halogens is 2. The topological polar surface area (TPSA) is 0 Å². The average molecular weight is 297 g/mol. The molecule has 0 atom stereocenters. The van der Waals surface area contributed by atoms with Gasteiger partial charge in [0.25, 0.3) is 0 Å². The first-order valence-electron chi connectivity index (χ1n) is 4.27. The standard InChI is InChI=1S/C10H15.2ClH.Zr/c1-4-5-10-8(2)6-7-9(10)3;;;/h4-6H2,1-3H3;2*1H;/q;;;+2/p-2. The van der Waals surface area contributed by atoms with Crippen LogP contribution in [0.5, 0.6) is 0 Å². The summed E-state index contributed by atoms with van der Waals surface area (Å²) in [4.78, 5) is 0. The third kappa shape index (κ3) is 3.90. The van der Waals surface area contributed by atoms with E-state index in [-0.39, 0.29) is 24.8 Å². The number of rotatable bonds is 2. The van der Waals surface area contributed by atoms with Crippen LogP contribution in [0.3, 0.4) is 0 Å². The predicted molar refractivity (Wildman–Crippen MR) is 44.9 cm³/mol. The van der Waals surface area contributed by atoms with Crippen LogP contribution in [0.2, 0.25) is 0 Å². The molecule has 0 spiro atoms. The van der Waals surface area contributed by atoms with E-state index in [2.05, 4.69) is 20.8 Å². The Hall–Kier alpha value is 0.943. The summed E-state index contributed by atoms with van der Waals surface area (Å²) in [6.45, 7) is 6.83. The zero-order chi connectivity index (χ0) is 8.43. The van der Waals surface area contributed by atoms with Gasteiger partial charge in [0, 0.05) is 0 Å². The van der Waals surface area contributed by atoms with Gasteiger partial charge in [0.15, 0.2) is 0 Å². The summed E-state index contributed by atoms with van der Waals surface area (Å²) < 4.78 is 1.66. The molecule has 0 radical (unpaired) electrons. The van der Waals surface area contributed by atoms with Crippen LogP contribution >= 0.6 is 0 Å². The van der Waals surface area contributed by atoms with Crippen molar-refractivity contribution in [2.75, 3.05) is 0 Å². The van der Waals surface area contributed by atoms with Crippen molar-refractivity contribution in [3.05, 3.63) is 20.0 Å². The fourth-order valence-electron chi connectivity index (χ4n) is 1.66. The Balaban J connectivity index is 0. The smallest absolute Gasteiger partial charge is 1.00 e. The fourth-order valence-corrected chi connectivity index (χ4v) is 2.68. The van der Waals surface area contributed by atoms with E-state index in [1.54, 1.807) is 44.7 Å². The summed E-state index contributed by atoms with van der Waals surface area (Å²) in [5.41, 5.74) is 4.87. The summed E-state index contributed by atoms with van der Waals surface area (Å²) >= 11 is 1.61. The van der Waals surface area contributed by atoms with Crippen LogP contribution < -0.4 is 24.8 Å². The molecule has 0 saturated heterocycles. The van der Waals surface area contributed by atoms with Crippen LogP contribution in [0.1, 0.15) is 40.0 Å². The first-order valence-corrected chi connectivity index (χ1v) is 5.50. The molecule has 0 N–H and O–H groups in total. The van der Waals surface area contributed by atoms with Crippen LogP contribution in [-0.4, -0.2) is 0 Å². The molecule has 1 aliphatic rings. The normalized spacial score (nSPS) is 15.8. The summed E-state index contributed by atoms with van der Waals surface area (Å²) in [5.74, 6) is 0. The molecule has 0 aliphatic heterocycles. The van der Waals surface area contributed by atoms with Gasteiger partial charge in [-0.05, 0) is 0 Å². The van der Waals surface area contributed by atoms with Gasteiger partial charge in [0.2, 0.25) is 0 Å². The SMILES string of the molecule is CCCC1=C(C)C[C]([Zr+2])=C1C.[Cl-].[Cl-]. The number of allylic oxidation sites excluding steroid dienone is 4. The molecular formula is C10H15Cl2Zr. The molecule has 0 nitrogen and oxygen atoms in total. The molecule has 0 heterocycles. The fraction of sp³-hybridized carbons (Fsp3) is 0.600. The van der Waals surface area contributed by atoms with Crippen molar-refractivity contribution in [3.8, 4) is 0 Å². The van der Waals surface area contributed by atoms with E-state index in [9.17, 15) is 0 Å². The van der Waals surface area contributed by atoms with E-state index >= 15 is 0 Å². The minimum absolute atomic E-state index is 0. The van der Waals surface area contributed by atoms with E-state index in [0.29, 0.717) is 0 Å². The van der Waals surface area contributed by atoms with Crippen molar-refractivity contribution in [3.63, 3.8) is 0 Å². The molecule has 0 bridgehead atoms.